The van der Waals surface area contributed by atoms with Crippen LogP contribution < -0.4 is 10.6 Å². The van der Waals surface area contributed by atoms with Gasteiger partial charge >= 0.3 is 0 Å². The zero-order chi connectivity index (χ0) is 16.8. The zero-order valence-corrected chi connectivity index (χ0v) is 13.3. The molecular weight excluding hydrogens is 294 g/mol. The molecule has 1 fully saturated rings. The van der Waals surface area contributed by atoms with Crippen LogP contribution in [0.15, 0.2) is 30.3 Å². The van der Waals surface area contributed by atoms with Gasteiger partial charge in [-0.2, -0.15) is 0 Å². The van der Waals surface area contributed by atoms with Crippen molar-refractivity contribution in [1.82, 2.24) is 15.5 Å². The first-order valence-corrected chi connectivity index (χ1v) is 7.54. The molecule has 6 nitrogen and oxygen atoms in total. The van der Waals surface area contributed by atoms with Crippen LogP contribution in [0.4, 0.5) is 0 Å². The molecular formula is C17H21N3O3. The van der Waals surface area contributed by atoms with Crippen LogP contribution in [0.5, 0.6) is 0 Å². The SMILES string of the molecule is CNC(=O)CN(C)C(=O)/C=C/c1ccc(C(=O)NC2CC2)cc1. The average molecular weight is 315 g/mol. The second kappa shape index (κ2) is 7.58. The van der Waals surface area contributed by atoms with Crippen LogP contribution in [0.3, 0.4) is 0 Å². The zero-order valence-electron chi connectivity index (χ0n) is 13.3. The Balaban J connectivity index is 1.90. The fourth-order valence-corrected chi connectivity index (χ4v) is 1.91. The number of rotatable bonds is 6. The number of nitrogens with zero attached hydrogens (tertiary/aromatic N) is 1. The standard InChI is InChI=1S/C17H21N3O3/c1-18-15(21)11-20(2)16(22)10-5-12-3-6-13(7-4-12)17(23)19-14-8-9-14/h3-7,10,14H,8-9,11H2,1-2H3,(H,18,21)(H,19,23)/b10-5+. The van der Waals surface area contributed by atoms with E-state index in [1.165, 1.54) is 18.0 Å². The number of carbonyl (C=O) groups is 3. The predicted octanol–water partition coefficient (Wildman–Crippen LogP) is 0.796. The number of hydrogen-bond acceptors (Lipinski definition) is 3. The van der Waals surface area contributed by atoms with Crippen LogP contribution in [0.2, 0.25) is 0 Å². The van der Waals surface area contributed by atoms with Gasteiger partial charge in [0.1, 0.15) is 0 Å². The summed E-state index contributed by atoms with van der Waals surface area (Å²) in [6, 6.07) is 7.36. The molecule has 122 valence electrons. The molecule has 0 aromatic heterocycles. The van der Waals surface area contributed by atoms with Crippen LogP contribution in [0, 0.1) is 0 Å². The molecule has 6 heteroatoms. The highest BCUT2D eigenvalue weighted by Gasteiger charge is 2.23. The van der Waals surface area contributed by atoms with Gasteiger partial charge in [0, 0.05) is 31.8 Å². The molecule has 23 heavy (non-hydrogen) atoms. The van der Waals surface area contributed by atoms with E-state index >= 15 is 0 Å². The third kappa shape index (κ3) is 5.25. The molecule has 0 aliphatic heterocycles. The smallest absolute Gasteiger partial charge is 0.251 e. The summed E-state index contributed by atoms with van der Waals surface area (Å²) in [5, 5.41) is 5.39. The lowest BCUT2D eigenvalue weighted by Crippen LogP contribution is -2.35. The Bertz CT molecular complexity index is 618. The molecule has 0 heterocycles. The monoisotopic (exact) mass is 315 g/mol. The number of likely N-dealkylation sites (N-methyl/N-ethyl adjacent to an activating group) is 2. The number of carbonyl (C=O) groups excluding carboxylic acids is 3. The fraction of sp³-hybridized carbons (Fsp3) is 0.353. The van der Waals surface area contributed by atoms with Crippen molar-refractivity contribution in [2.75, 3.05) is 20.6 Å². The molecule has 1 aromatic carbocycles. The van der Waals surface area contributed by atoms with Crippen molar-refractivity contribution in [1.29, 1.82) is 0 Å². The van der Waals surface area contributed by atoms with Crippen molar-refractivity contribution in [3.63, 3.8) is 0 Å². The molecule has 3 amide bonds. The summed E-state index contributed by atoms with van der Waals surface area (Å²) in [5.74, 6) is -0.547. The van der Waals surface area contributed by atoms with Crippen molar-refractivity contribution >= 4 is 23.8 Å². The summed E-state index contributed by atoms with van der Waals surface area (Å²) in [6.45, 7) is 0.0138. The first-order valence-electron chi connectivity index (χ1n) is 7.54. The normalized spacial score (nSPS) is 13.7. The number of benzene rings is 1. The number of nitrogens with one attached hydrogen (secondary N) is 2. The summed E-state index contributed by atoms with van der Waals surface area (Å²) in [6.07, 6.45) is 5.17. The van der Waals surface area contributed by atoms with E-state index in [-0.39, 0.29) is 24.3 Å². The van der Waals surface area contributed by atoms with E-state index in [2.05, 4.69) is 10.6 Å². The van der Waals surface area contributed by atoms with Gasteiger partial charge in [0.15, 0.2) is 0 Å². The molecule has 0 unspecified atom stereocenters. The van der Waals surface area contributed by atoms with Gasteiger partial charge in [0.05, 0.1) is 6.54 Å². The maximum atomic E-state index is 11.9. The highest BCUT2D eigenvalue weighted by Crippen LogP contribution is 2.19. The Morgan fingerprint density at radius 2 is 1.87 bits per heavy atom. The Morgan fingerprint density at radius 3 is 2.43 bits per heavy atom. The maximum Gasteiger partial charge on any atom is 0.251 e. The van der Waals surface area contributed by atoms with Gasteiger partial charge in [-0.3, -0.25) is 14.4 Å². The van der Waals surface area contributed by atoms with Gasteiger partial charge in [-0.05, 0) is 36.6 Å². The van der Waals surface area contributed by atoms with E-state index in [1.807, 2.05) is 0 Å². The predicted molar refractivity (Wildman–Crippen MR) is 87.7 cm³/mol. The summed E-state index contributed by atoms with van der Waals surface area (Å²) in [5.41, 5.74) is 1.42. The lowest BCUT2D eigenvalue weighted by molar-refractivity contribution is -0.130. The van der Waals surface area contributed by atoms with Gasteiger partial charge in [0.2, 0.25) is 11.8 Å². The number of amides is 3. The fourth-order valence-electron chi connectivity index (χ4n) is 1.91. The highest BCUT2D eigenvalue weighted by atomic mass is 16.2. The minimum Gasteiger partial charge on any atom is -0.358 e. The summed E-state index contributed by atoms with van der Waals surface area (Å²) >= 11 is 0. The van der Waals surface area contributed by atoms with Gasteiger partial charge in [-0.1, -0.05) is 12.1 Å². The second-order valence-corrected chi connectivity index (χ2v) is 5.57. The van der Waals surface area contributed by atoms with Crippen molar-refractivity contribution in [3.8, 4) is 0 Å². The third-order valence-electron chi connectivity index (χ3n) is 3.54. The Labute approximate surface area is 135 Å². The largest absolute Gasteiger partial charge is 0.358 e. The molecule has 0 bridgehead atoms. The lowest BCUT2D eigenvalue weighted by Gasteiger charge is -2.13. The molecule has 1 aliphatic carbocycles. The quantitative estimate of drug-likeness (QED) is 0.762. The van der Waals surface area contributed by atoms with E-state index in [9.17, 15) is 14.4 Å². The molecule has 0 atom stereocenters. The molecule has 1 aliphatic rings. The Morgan fingerprint density at radius 1 is 1.22 bits per heavy atom. The second-order valence-electron chi connectivity index (χ2n) is 5.57. The Kier molecular flexibility index (Phi) is 5.51. The van der Waals surface area contributed by atoms with Crippen molar-refractivity contribution < 1.29 is 14.4 Å². The number of hydrogen-bond donors (Lipinski definition) is 2. The van der Waals surface area contributed by atoms with E-state index in [4.69, 9.17) is 0 Å². The van der Waals surface area contributed by atoms with Crippen molar-refractivity contribution in [2.24, 2.45) is 0 Å². The Hall–Kier alpha value is -2.63. The van der Waals surface area contributed by atoms with Crippen molar-refractivity contribution in [3.05, 3.63) is 41.5 Å². The van der Waals surface area contributed by atoms with Crippen LogP contribution in [-0.2, 0) is 9.59 Å². The van der Waals surface area contributed by atoms with E-state index in [1.54, 1.807) is 37.4 Å². The molecule has 0 saturated heterocycles. The molecule has 2 N–H and O–H groups in total. The molecule has 1 saturated carbocycles. The van der Waals surface area contributed by atoms with Crippen LogP contribution >= 0.6 is 0 Å². The minimum atomic E-state index is -0.260. The average Bonchev–Trinajstić information content (AvgIpc) is 3.36. The van der Waals surface area contributed by atoms with Gasteiger partial charge in [-0.15, -0.1) is 0 Å². The summed E-state index contributed by atoms with van der Waals surface area (Å²) < 4.78 is 0. The molecule has 2 rings (SSSR count). The molecule has 1 aromatic rings. The summed E-state index contributed by atoms with van der Waals surface area (Å²) in [7, 11) is 3.09. The highest BCUT2D eigenvalue weighted by molar-refractivity contribution is 5.96. The van der Waals surface area contributed by atoms with Crippen molar-refractivity contribution in [2.45, 2.75) is 18.9 Å². The molecule has 0 spiro atoms. The summed E-state index contributed by atoms with van der Waals surface area (Å²) in [4.78, 5) is 36.3. The topological polar surface area (TPSA) is 78.5 Å². The van der Waals surface area contributed by atoms with E-state index < -0.39 is 0 Å². The molecule has 0 radical (unpaired) electrons. The van der Waals surface area contributed by atoms with Gasteiger partial charge < -0.3 is 15.5 Å². The van der Waals surface area contributed by atoms with Crippen LogP contribution in [-0.4, -0.2) is 49.3 Å². The van der Waals surface area contributed by atoms with Gasteiger partial charge in [0.25, 0.3) is 5.91 Å². The lowest BCUT2D eigenvalue weighted by atomic mass is 10.1. The van der Waals surface area contributed by atoms with Gasteiger partial charge in [-0.25, -0.2) is 0 Å². The van der Waals surface area contributed by atoms with Crippen LogP contribution in [0.1, 0.15) is 28.8 Å². The minimum absolute atomic E-state index is 0.0138. The first-order chi connectivity index (χ1) is 11.0. The maximum absolute atomic E-state index is 11.9. The van der Waals surface area contributed by atoms with E-state index in [0.29, 0.717) is 11.6 Å². The van der Waals surface area contributed by atoms with Crippen LogP contribution in [0.25, 0.3) is 6.08 Å². The third-order valence-corrected chi connectivity index (χ3v) is 3.54. The van der Waals surface area contributed by atoms with E-state index in [0.717, 1.165) is 18.4 Å². The first kappa shape index (κ1) is 16.7.